The van der Waals surface area contributed by atoms with E-state index in [1.54, 1.807) is 0 Å². The molecule has 7 heteroatoms. The number of benzene rings is 2. The fraction of sp³-hybridized carbons (Fsp3) is 0.423. The smallest absolute Gasteiger partial charge is 0.407 e. The minimum Gasteiger partial charge on any atom is -0.480 e. The van der Waals surface area contributed by atoms with E-state index in [1.807, 2.05) is 38.1 Å². The van der Waals surface area contributed by atoms with Crippen molar-refractivity contribution < 1.29 is 24.2 Å². The maximum absolute atomic E-state index is 12.3. The molecule has 3 N–H and O–H groups in total. The second-order valence-corrected chi connectivity index (χ2v) is 8.60. The molecule has 0 saturated carbocycles. The van der Waals surface area contributed by atoms with E-state index in [9.17, 15) is 14.4 Å². The van der Waals surface area contributed by atoms with Gasteiger partial charge in [0.1, 0.15) is 12.6 Å². The third-order valence-corrected chi connectivity index (χ3v) is 6.01. The van der Waals surface area contributed by atoms with Crippen LogP contribution in [0, 0.1) is 5.92 Å². The molecule has 0 aliphatic heterocycles. The van der Waals surface area contributed by atoms with Gasteiger partial charge in [0.25, 0.3) is 0 Å². The molecule has 33 heavy (non-hydrogen) atoms. The Morgan fingerprint density at radius 3 is 2.18 bits per heavy atom. The molecule has 0 aromatic heterocycles. The molecule has 176 valence electrons. The van der Waals surface area contributed by atoms with Gasteiger partial charge in [-0.3, -0.25) is 4.79 Å². The van der Waals surface area contributed by atoms with Gasteiger partial charge in [0.15, 0.2) is 0 Å². The van der Waals surface area contributed by atoms with E-state index in [2.05, 4.69) is 34.9 Å². The van der Waals surface area contributed by atoms with Crippen molar-refractivity contribution in [2.45, 2.75) is 51.5 Å². The summed E-state index contributed by atoms with van der Waals surface area (Å²) < 4.78 is 5.53. The number of carboxylic acid groups (broad SMARTS) is 1. The first-order valence-corrected chi connectivity index (χ1v) is 11.5. The molecule has 0 spiro atoms. The van der Waals surface area contributed by atoms with Crippen LogP contribution in [0.5, 0.6) is 0 Å². The molecule has 0 fully saturated rings. The van der Waals surface area contributed by atoms with Crippen LogP contribution in [0.15, 0.2) is 48.5 Å². The van der Waals surface area contributed by atoms with Crippen molar-refractivity contribution in [1.29, 1.82) is 0 Å². The molecule has 0 bridgehead atoms. The van der Waals surface area contributed by atoms with Gasteiger partial charge >= 0.3 is 12.1 Å². The molecule has 3 rings (SSSR count). The van der Waals surface area contributed by atoms with E-state index in [1.165, 1.54) is 11.1 Å². The zero-order chi connectivity index (χ0) is 23.8. The van der Waals surface area contributed by atoms with E-state index < -0.39 is 18.1 Å². The number of carboxylic acids is 1. The van der Waals surface area contributed by atoms with Crippen molar-refractivity contribution in [3.8, 4) is 11.1 Å². The average Bonchev–Trinajstić information content (AvgIpc) is 3.13. The summed E-state index contributed by atoms with van der Waals surface area (Å²) in [4.78, 5) is 35.5. The lowest BCUT2D eigenvalue weighted by Crippen LogP contribution is -2.40. The van der Waals surface area contributed by atoms with E-state index >= 15 is 0 Å². The molecule has 1 unspecified atom stereocenters. The zero-order valence-electron chi connectivity index (χ0n) is 19.2. The fourth-order valence-electron chi connectivity index (χ4n) is 4.20. The molecular weight excluding hydrogens is 420 g/mol. The standard InChI is InChI=1S/C26H32N2O5/c1-3-8-23(25(30)31)28-24(29)14-13-17(2)15-27-26(32)33-16-22-20-11-6-4-9-18(20)19-10-5-7-12-21(19)22/h4-7,9-12,17,22-23H,3,8,13-16H2,1-2H3,(H,27,32)(H,28,29)(H,30,31)/t17?,23-/m0/s1. The van der Waals surface area contributed by atoms with Crippen LogP contribution in [0.3, 0.4) is 0 Å². The van der Waals surface area contributed by atoms with Crippen LogP contribution in [0.25, 0.3) is 11.1 Å². The number of rotatable bonds is 11. The van der Waals surface area contributed by atoms with Gasteiger partial charge in [-0.15, -0.1) is 0 Å². The van der Waals surface area contributed by atoms with E-state index in [4.69, 9.17) is 9.84 Å². The first-order chi connectivity index (χ1) is 15.9. The van der Waals surface area contributed by atoms with Gasteiger partial charge in [0, 0.05) is 18.9 Å². The molecule has 1 aliphatic rings. The summed E-state index contributed by atoms with van der Waals surface area (Å²) in [6, 6.07) is 15.5. The number of hydrogen-bond acceptors (Lipinski definition) is 4. The molecule has 2 aromatic rings. The molecule has 0 radical (unpaired) electrons. The Morgan fingerprint density at radius 1 is 1.00 bits per heavy atom. The van der Waals surface area contributed by atoms with Gasteiger partial charge in [-0.05, 0) is 41.0 Å². The van der Waals surface area contributed by atoms with Crippen LogP contribution < -0.4 is 10.6 Å². The van der Waals surface area contributed by atoms with E-state index in [-0.39, 0.29) is 30.8 Å². The number of carbonyl (C=O) groups is 3. The highest BCUT2D eigenvalue weighted by atomic mass is 16.5. The Kier molecular flexibility index (Phi) is 8.46. The lowest BCUT2D eigenvalue weighted by Gasteiger charge is -2.17. The summed E-state index contributed by atoms with van der Waals surface area (Å²) in [6.45, 7) is 4.43. The van der Waals surface area contributed by atoms with Gasteiger partial charge in [0.05, 0.1) is 0 Å². The minimum absolute atomic E-state index is 0.00886. The lowest BCUT2D eigenvalue weighted by molar-refractivity contribution is -0.142. The molecule has 2 amide bonds. The highest BCUT2D eigenvalue weighted by Crippen LogP contribution is 2.44. The van der Waals surface area contributed by atoms with Crippen molar-refractivity contribution in [2.24, 2.45) is 5.92 Å². The Balaban J connectivity index is 1.42. The highest BCUT2D eigenvalue weighted by molar-refractivity contribution is 5.83. The number of hydrogen-bond donors (Lipinski definition) is 3. The Hall–Kier alpha value is -3.35. The Morgan fingerprint density at radius 2 is 1.61 bits per heavy atom. The summed E-state index contributed by atoms with van der Waals surface area (Å²) >= 11 is 0. The molecule has 2 atom stereocenters. The monoisotopic (exact) mass is 452 g/mol. The van der Waals surface area contributed by atoms with Crippen LogP contribution in [-0.2, 0) is 14.3 Å². The maximum Gasteiger partial charge on any atom is 0.407 e. The number of aliphatic carboxylic acids is 1. The summed E-state index contributed by atoms with van der Waals surface area (Å²) in [6.07, 6.45) is 1.34. The van der Waals surface area contributed by atoms with Crippen LogP contribution >= 0.6 is 0 Å². The van der Waals surface area contributed by atoms with Crippen molar-refractivity contribution >= 4 is 18.0 Å². The van der Waals surface area contributed by atoms with Crippen molar-refractivity contribution in [3.05, 3.63) is 59.7 Å². The van der Waals surface area contributed by atoms with Gasteiger partial charge in [-0.1, -0.05) is 68.8 Å². The van der Waals surface area contributed by atoms with E-state index in [0.717, 1.165) is 11.1 Å². The molecule has 0 saturated heterocycles. The first kappa shape index (κ1) is 24.3. The van der Waals surface area contributed by atoms with Gasteiger partial charge in [-0.2, -0.15) is 0 Å². The third-order valence-electron chi connectivity index (χ3n) is 6.01. The Bertz CT molecular complexity index is 945. The summed E-state index contributed by atoms with van der Waals surface area (Å²) in [5, 5.41) is 14.5. The molecule has 7 nitrogen and oxygen atoms in total. The number of nitrogens with one attached hydrogen (secondary N) is 2. The summed E-state index contributed by atoms with van der Waals surface area (Å²) in [7, 11) is 0. The fourth-order valence-corrected chi connectivity index (χ4v) is 4.20. The zero-order valence-corrected chi connectivity index (χ0v) is 19.2. The lowest BCUT2D eigenvalue weighted by atomic mass is 9.98. The number of alkyl carbamates (subject to hydrolysis) is 1. The maximum atomic E-state index is 12.3. The van der Waals surface area contributed by atoms with Crippen molar-refractivity contribution in [2.75, 3.05) is 13.2 Å². The minimum atomic E-state index is -1.02. The molecular formula is C26H32N2O5. The van der Waals surface area contributed by atoms with Crippen molar-refractivity contribution in [3.63, 3.8) is 0 Å². The molecule has 2 aromatic carbocycles. The second-order valence-electron chi connectivity index (χ2n) is 8.60. The largest absolute Gasteiger partial charge is 0.480 e. The van der Waals surface area contributed by atoms with Crippen LogP contribution in [0.1, 0.15) is 56.6 Å². The van der Waals surface area contributed by atoms with Crippen LogP contribution in [0.2, 0.25) is 0 Å². The highest BCUT2D eigenvalue weighted by Gasteiger charge is 2.29. The number of amides is 2. The Labute approximate surface area is 194 Å². The first-order valence-electron chi connectivity index (χ1n) is 11.5. The van der Waals surface area contributed by atoms with Crippen molar-refractivity contribution in [1.82, 2.24) is 10.6 Å². The van der Waals surface area contributed by atoms with Crippen LogP contribution in [-0.4, -0.2) is 42.3 Å². The van der Waals surface area contributed by atoms with Crippen LogP contribution in [0.4, 0.5) is 4.79 Å². The molecule has 0 heterocycles. The third kappa shape index (κ3) is 6.34. The van der Waals surface area contributed by atoms with Gasteiger partial charge < -0.3 is 20.5 Å². The molecule has 1 aliphatic carbocycles. The second kappa shape index (κ2) is 11.5. The summed E-state index contributed by atoms with van der Waals surface area (Å²) in [5.74, 6) is -1.25. The topological polar surface area (TPSA) is 105 Å². The number of carbonyl (C=O) groups excluding carboxylic acids is 2. The quantitative estimate of drug-likeness (QED) is 0.471. The average molecular weight is 453 g/mol. The van der Waals surface area contributed by atoms with Gasteiger partial charge in [-0.25, -0.2) is 9.59 Å². The number of ether oxygens (including phenoxy) is 1. The predicted octanol–water partition coefficient (Wildman–Crippen LogP) is 4.31. The normalized spacial score (nSPS) is 14.0. The SMILES string of the molecule is CCC[C@H](NC(=O)CCC(C)CNC(=O)OCC1c2ccccc2-c2ccccc21)C(=O)O. The van der Waals surface area contributed by atoms with Gasteiger partial charge in [0.2, 0.25) is 5.91 Å². The van der Waals surface area contributed by atoms with E-state index in [0.29, 0.717) is 25.8 Å². The predicted molar refractivity (Wildman–Crippen MR) is 126 cm³/mol. The summed E-state index contributed by atoms with van der Waals surface area (Å²) in [5.41, 5.74) is 4.68. The number of fused-ring (bicyclic) bond motifs is 3.